The molecule has 0 aromatic heterocycles. The van der Waals surface area contributed by atoms with Crippen LogP contribution >= 0.6 is 23.2 Å². The first-order valence-electron chi connectivity index (χ1n) is 5.65. The number of nitrogen functional groups attached to an aromatic ring is 1. The van der Waals surface area contributed by atoms with Crippen molar-refractivity contribution in [3.8, 4) is 0 Å². The molecule has 0 unspecified atom stereocenters. The standard InChI is InChI=1S/C12H16Cl2N2O2/c1-2-3-16(4-5-17)12(18)8-6-9(13)11(15)10(14)7-8/h6-7,17H,2-5,15H2,1H3. The van der Waals surface area contributed by atoms with E-state index in [0.717, 1.165) is 6.42 Å². The first-order valence-corrected chi connectivity index (χ1v) is 6.41. The lowest BCUT2D eigenvalue weighted by atomic mass is 10.1. The fourth-order valence-corrected chi connectivity index (χ4v) is 2.08. The van der Waals surface area contributed by atoms with Crippen molar-refractivity contribution in [2.75, 3.05) is 25.4 Å². The predicted molar refractivity (Wildman–Crippen MR) is 74.2 cm³/mol. The molecule has 0 aliphatic heterocycles. The summed E-state index contributed by atoms with van der Waals surface area (Å²) in [5, 5.41) is 9.46. The summed E-state index contributed by atoms with van der Waals surface area (Å²) in [5.74, 6) is -0.213. The van der Waals surface area contributed by atoms with Crippen LogP contribution in [0.25, 0.3) is 0 Å². The fraction of sp³-hybridized carbons (Fsp3) is 0.417. The number of aliphatic hydroxyl groups excluding tert-OH is 1. The summed E-state index contributed by atoms with van der Waals surface area (Å²) in [5.41, 5.74) is 6.25. The van der Waals surface area contributed by atoms with Crippen molar-refractivity contribution in [1.29, 1.82) is 0 Å². The molecule has 4 nitrogen and oxygen atoms in total. The smallest absolute Gasteiger partial charge is 0.254 e. The summed E-state index contributed by atoms with van der Waals surface area (Å²) in [7, 11) is 0. The van der Waals surface area contributed by atoms with Crippen molar-refractivity contribution in [2.24, 2.45) is 0 Å². The molecule has 100 valence electrons. The molecule has 0 bridgehead atoms. The summed E-state index contributed by atoms with van der Waals surface area (Å²) < 4.78 is 0. The molecular weight excluding hydrogens is 275 g/mol. The van der Waals surface area contributed by atoms with Gasteiger partial charge in [0, 0.05) is 18.7 Å². The van der Waals surface area contributed by atoms with Crippen LogP contribution in [0, 0.1) is 0 Å². The Balaban J connectivity index is 3.01. The Labute approximate surface area is 116 Å². The lowest BCUT2D eigenvalue weighted by Gasteiger charge is -2.21. The maximum absolute atomic E-state index is 12.2. The third-order valence-corrected chi connectivity index (χ3v) is 3.10. The fourth-order valence-electron chi connectivity index (χ4n) is 1.60. The SMILES string of the molecule is CCCN(CCO)C(=O)c1cc(Cl)c(N)c(Cl)c1. The number of aliphatic hydroxyl groups is 1. The van der Waals surface area contributed by atoms with Gasteiger partial charge in [-0.15, -0.1) is 0 Å². The van der Waals surface area contributed by atoms with E-state index in [4.69, 9.17) is 34.0 Å². The number of rotatable bonds is 5. The number of anilines is 1. The van der Waals surface area contributed by atoms with Crippen LogP contribution in [0.4, 0.5) is 5.69 Å². The van der Waals surface area contributed by atoms with E-state index in [1.54, 1.807) is 4.90 Å². The second-order valence-corrected chi connectivity index (χ2v) is 4.68. The molecule has 0 saturated heterocycles. The number of carbonyl (C=O) groups is 1. The Morgan fingerprint density at radius 1 is 1.33 bits per heavy atom. The number of benzene rings is 1. The van der Waals surface area contributed by atoms with E-state index in [-0.39, 0.29) is 34.8 Å². The van der Waals surface area contributed by atoms with Gasteiger partial charge in [-0.05, 0) is 18.6 Å². The van der Waals surface area contributed by atoms with Crippen molar-refractivity contribution in [2.45, 2.75) is 13.3 Å². The molecule has 0 atom stereocenters. The van der Waals surface area contributed by atoms with Gasteiger partial charge in [-0.1, -0.05) is 30.1 Å². The molecule has 6 heteroatoms. The number of nitrogens with two attached hydrogens (primary N) is 1. The quantitative estimate of drug-likeness (QED) is 0.819. The van der Waals surface area contributed by atoms with Crippen molar-refractivity contribution in [1.82, 2.24) is 4.90 Å². The van der Waals surface area contributed by atoms with E-state index in [1.807, 2.05) is 6.92 Å². The lowest BCUT2D eigenvalue weighted by molar-refractivity contribution is 0.0722. The van der Waals surface area contributed by atoms with Crippen molar-refractivity contribution in [3.63, 3.8) is 0 Å². The second-order valence-electron chi connectivity index (χ2n) is 3.87. The Morgan fingerprint density at radius 3 is 2.33 bits per heavy atom. The highest BCUT2D eigenvalue weighted by atomic mass is 35.5. The first-order chi connectivity index (χ1) is 8.51. The summed E-state index contributed by atoms with van der Waals surface area (Å²) in [6.45, 7) is 2.73. The van der Waals surface area contributed by atoms with Crippen LogP contribution in [0.5, 0.6) is 0 Å². The summed E-state index contributed by atoms with van der Waals surface area (Å²) >= 11 is 11.8. The zero-order valence-corrected chi connectivity index (χ0v) is 11.6. The van der Waals surface area contributed by atoms with Gasteiger partial charge in [0.15, 0.2) is 0 Å². The van der Waals surface area contributed by atoms with E-state index < -0.39 is 0 Å². The molecule has 3 N–H and O–H groups in total. The maximum atomic E-state index is 12.2. The molecule has 1 rings (SSSR count). The molecule has 0 fully saturated rings. The van der Waals surface area contributed by atoms with Gasteiger partial charge in [0.25, 0.3) is 5.91 Å². The molecule has 18 heavy (non-hydrogen) atoms. The molecule has 1 aromatic carbocycles. The Bertz CT molecular complexity index is 409. The van der Waals surface area contributed by atoms with Crippen molar-refractivity contribution in [3.05, 3.63) is 27.7 Å². The van der Waals surface area contributed by atoms with Gasteiger partial charge in [0.05, 0.1) is 22.3 Å². The highest BCUT2D eigenvalue weighted by Crippen LogP contribution is 2.29. The number of hydrogen-bond donors (Lipinski definition) is 2. The van der Waals surface area contributed by atoms with Crippen LogP contribution < -0.4 is 5.73 Å². The van der Waals surface area contributed by atoms with Gasteiger partial charge in [0.2, 0.25) is 0 Å². The average Bonchev–Trinajstić information content (AvgIpc) is 2.34. The van der Waals surface area contributed by atoms with Crippen molar-refractivity contribution < 1.29 is 9.90 Å². The monoisotopic (exact) mass is 290 g/mol. The number of carbonyl (C=O) groups excluding carboxylic acids is 1. The Morgan fingerprint density at radius 2 is 1.89 bits per heavy atom. The average molecular weight is 291 g/mol. The molecule has 0 heterocycles. The molecule has 1 amide bonds. The normalized spacial score (nSPS) is 10.4. The highest BCUT2D eigenvalue weighted by Gasteiger charge is 2.17. The molecule has 0 spiro atoms. The van der Waals surface area contributed by atoms with Crippen LogP contribution in [0.2, 0.25) is 10.0 Å². The van der Waals surface area contributed by atoms with Crippen LogP contribution in [0.15, 0.2) is 12.1 Å². The van der Waals surface area contributed by atoms with Gasteiger partial charge < -0.3 is 15.7 Å². The molecular formula is C12H16Cl2N2O2. The third-order valence-electron chi connectivity index (χ3n) is 2.48. The van der Waals surface area contributed by atoms with Gasteiger partial charge in [-0.25, -0.2) is 0 Å². The largest absolute Gasteiger partial charge is 0.396 e. The second kappa shape index (κ2) is 6.83. The number of nitrogens with zero attached hydrogens (tertiary/aromatic N) is 1. The highest BCUT2D eigenvalue weighted by molar-refractivity contribution is 6.39. The van der Waals surface area contributed by atoms with Gasteiger partial charge in [-0.3, -0.25) is 4.79 Å². The minimum atomic E-state index is -0.213. The minimum absolute atomic E-state index is 0.0812. The van der Waals surface area contributed by atoms with Gasteiger partial charge >= 0.3 is 0 Å². The predicted octanol–water partition coefficient (Wildman–Crippen LogP) is 2.42. The zero-order valence-electron chi connectivity index (χ0n) is 10.1. The van der Waals surface area contributed by atoms with Gasteiger partial charge in [0.1, 0.15) is 0 Å². The molecule has 0 radical (unpaired) electrons. The van der Waals surface area contributed by atoms with E-state index in [0.29, 0.717) is 12.1 Å². The van der Waals surface area contributed by atoms with Crippen LogP contribution in [-0.4, -0.2) is 35.6 Å². The van der Waals surface area contributed by atoms with Crippen LogP contribution in [-0.2, 0) is 0 Å². The third kappa shape index (κ3) is 3.51. The maximum Gasteiger partial charge on any atom is 0.254 e. The van der Waals surface area contributed by atoms with E-state index in [1.165, 1.54) is 12.1 Å². The first kappa shape index (κ1) is 15.1. The summed E-state index contributed by atoms with van der Waals surface area (Å²) in [6, 6.07) is 2.98. The van der Waals surface area contributed by atoms with E-state index >= 15 is 0 Å². The molecule has 0 aliphatic rings. The summed E-state index contributed by atoms with van der Waals surface area (Å²) in [6.07, 6.45) is 0.808. The van der Waals surface area contributed by atoms with E-state index in [2.05, 4.69) is 0 Å². The van der Waals surface area contributed by atoms with Crippen molar-refractivity contribution >= 4 is 34.8 Å². The zero-order chi connectivity index (χ0) is 13.7. The van der Waals surface area contributed by atoms with Crippen LogP contribution in [0.3, 0.4) is 0 Å². The Hall–Kier alpha value is -0.970. The summed E-state index contributed by atoms with van der Waals surface area (Å²) in [4.78, 5) is 13.8. The molecule has 1 aromatic rings. The molecule has 0 aliphatic carbocycles. The topological polar surface area (TPSA) is 66.6 Å². The van der Waals surface area contributed by atoms with Crippen LogP contribution in [0.1, 0.15) is 23.7 Å². The van der Waals surface area contributed by atoms with Gasteiger partial charge in [-0.2, -0.15) is 0 Å². The molecule has 0 saturated carbocycles. The number of amides is 1. The minimum Gasteiger partial charge on any atom is -0.396 e. The van der Waals surface area contributed by atoms with E-state index in [9.17, 15) is 4.79 Å². The number of halogens is 2. The lowest BCUT2D eigenvalue weighted by Crippen LogP contribution is -2.34. The number of hydrogen-bond acceptors (Lipinski definition) is 3. The Kier molecular flexibility index (Phi) is 5.72.